The highest BCUT2D eigenvalue weighted by Gasteiger charge is 2.04. The summed E-state index contributed by atoms with van der Waals surface area (Å²) in [5, 5.41) is 4.50. The molecule has 4 heteroatoms. The van der Waals surface area contributed by atoms with Crippen molar-refractivity contribution in [3.05, 3.63) is 30.5 Å². The first-order valence-corrected chi connectivity index (χ1v) is 6.18. The third kappa shape index (κ3) is 2.83. The summed E-state index contributed by atoms with van der Waals surface area (Å²) in [4.78, 5) is 0. The Hall–Kier alpha value is -1.52. The SMILES string of the molecule is COCCNCCn1ccc2c(OC)cccc21. The molecule has 0 spiro atoms. The molecule has 0 aliphatic carbocycles. The van der Waals surface area contributed by atoms with Crippen molar-refractivity contribution in [2.24, 2.45) is 0 Å². The van der Waals surface area contributed by atoms with E-state index in [-0.39, 0.29) is 0 Å². The Morgan fingerprint density at radius 3 is 2.83 bits per heavy atom. The van der Waals surface area contributed by atoms with Crippen LogP contribution in [0.1, 0.15) is 0 Å². The van der Waals surface area contributed by atoms with E-state index in [1.807, 2.05) is 12.1 Å². The number of hydrogen-bond acceptors (Lipinski definition) is 3. The third-order valence-electron chi connectivity index (χ3n) is 3.01. The van der Waals surface area contributed by atoms with Crippen molar-refractivity contribution >= 4 is 10.9 Å². The zero-order valence-corrected chi connectivity index (χ0v) is 11.0. The molecule has 0 aliphatic rings. The normalized spacial score (nSPS) is 11.0. The molecule has 0 saturated heterocycles. The second-order valence-corrected chi connectivity index (χ2v) is 4.15. The van der Waals surface area contributed by atoms with Crippen LogP contribution in [0.15, 0.2) is 30.5 Å². The molecule has 0 radical (unpaired) electrons. The molecular weight excluding hydrogens is 228 g/mol. The lowest BCUT2D eigenvalue weighted by molar-refractivity contribution is 0.199. The number of rotatable bonds is 7. The summed E-state index contributed by atoms with van der Waals surface area (Å²) in [6.45, 7) is 3.52. The fraction of sp³-hybridized carbons (Fsp3) is 0.429. The molecule has 0 bridgehead atoms. The first-order chi connectivity index (χ1) is 8.86. The maximum atomic E-state index is 5.35. The van der Waals surface area contributed by atoms with Crippen LogP contribution in [0.5, 0.6) is 5.75 Å². The van der Waals surface area contributed by atoms with Gasteiger partial charge in [-0.15, -0.1) is 0 Å². The summed E-state index contributed by atoms with van der Waals surface area (Å²) >= 11 is 0. The molecule has 2 aromatic rings. The van der Waals surface area contributed by atoms with Crippen molar-refractivity contribution in [1.82, 2.24) is 9.88 Å². The smallest absolute Gasteiger partial charge is 0.128 e. The summed E-state index contributed by atoms with van der Waals surface area (Å²) < 4.78 is 12.6. The number of aromatic nitrogens is 1. The van der Waals surface area contributed by atoms with Gasteiger partial charge >= 0.3 is 0 Å². The molecule has 0 saturated carbocycles. The average Bonchev–Trinajstić information content (AvgIpc) is 2.82. The van der Waals surface area contributed by atoms with Crippen LogP contribution < -0.4 is 10.1 Å². The third-order valence-corrected chi connectivity index (χ3v) is 3.01. The number of benzene rings is 1. The maximum absolute atomic E-state index is 5.35. The number of hydrogen-bond donors (Lipinski definition) is 1. The predicted molar refractivity (Wildman–Crippen MR) is 73.2 cm³/mol. The molecule has 0 atom stereocenters. The molecule has 1 aromatic carbocycles. The Labute approximate surface area is 107 Å². The van der Waals surface area contributed by atoms with E-state index in [0.717, 1.165) is 37.4 Å². The van der Waals surface area contributed by atoms with Gasteiger partial charge in [-0.3, -0.25) is 0 Å². The van der Waals surface area contributed by atoms with Crippen LogP contribution >= 0.6 is 0 Å². The highest BCUT2D eigenvalue weighted by molar-refractivity contribution is 5.86. The fourth-order valence-corrected chi connectivity index (χ4v) is 2.07. The Kier molecular flexibility index (Phi) is 4.61. The van der Waals surface area contributed by atoms with E-state index in [9.17, 15) is 0 Å². The van der Waals surface area contributed by atoms with Crippen molar-refractivity contribution in [1.29, 1.82) is 0 Å². The fourth-order valence-electron chi connectivity index (χ4n) is 2.07. The van der Waals surface area contributed by atoms with E-state index >= 15 is 0 Å². The van der Waals surface area contributed by atoms with Crippen molar-refractivity contribution in [2.45, 2.75) is 6.54 Å². The zero-order chi connectivity index (χ0) is 12.8. The quantitative estimate of drug-likeness (QED) is 0.760. The molecule has 2 rings (SSSR count). The van der Waals surface area contributed by atoms with Gasteiger partial charge in [0.05, 0.1) is 19.2 Å². The molecule has 4 nitrogen and oxygen atoms in total. The number of fused-ring (bicyclic) bond motifs is 1. The van der Waals surface area contributed by atoms with Gasteiger partial charge in [0.2, 0.25) is 0 Å². The topological polar surface area (TPSA) is 35.4 Å². The largest absolute Gasteiger partial charge is 0.496 e. The lowest BCUT2D eigenvalue weighted by Crippen LogP contribution is -2.23. The van der Waals surface area contributed by atoms with Gasteiger partial charge in [-0.2, -0.15) is 0 Å². The molecule has 0 unspecified atom stereocenters. The first kappa shape index (κ1) is 12.9. The molecule has 0 fully saturated rings. The molecular formula is C14H20N2O2. The van der Waals surface area contributed by atoms with Crippen LogP contribution in [0.2, 0.25) is 0 Å². The molecule has 1 N–H and O–H groups in total. The summed E-state index contributed by atoms with van der Waals surface area (Å²) in [5.41, 5.74) is 1.21. The Morgan fingerprint density at radius 1 is 1.17 bits per heavy atom. The monoisotopic (exact) mass is 248 g/mol. The molecule has 98 valence electrons. The van der Waals surface area contributed by atoms with Gasteiger partial charge in [-0.05, 0) is 18.2 Å². The Morgan fingerprint density at radius 2 is 2.06 bits per heavy atom. The summed E-state index contributed by atoms with van der Waals surface area (Å²) in [6.07, 6.45) is 2.10. The second-order valence-electron chi connectivity index (χ2n) is 4.15. The zero-order valence-electron chi connectivity index (χ0n) is 11.0. The van der Waals surface area contributed by atoms with Gasteiger partial charge in [-0.1, -0.05) is 6.07 Å². The van der Waals surface area contributed by atoms with Gasteiger partial charge in [0.25, 0.3) is 0 Å². The minimum absolute atomic E-state index is 0.750. The van der Waals surface area contributed by atoms with E-state index in [0.29, 0.717) is 0 Å². The van der Waals surface area contributed by atoms with Crippen LogP contribution in [0.4, 0.5) is 0 Å². The average molecular weight is 248 g/mol. The van der Waals surface area contributed by atoms with Gasteiger partial charge in [-0.25, -0.2) is 0 Å². The van der Waals surface area contributed by atoms with Crippen molar-refractivity contribution in [3.63, 3.8) is 0 Å². The molecule has 0 amide bonds. The second kappa shape index (κ2) is 6.42. The van der Waals surface area contributed by atoms with Gasteiger partial charge in [0.15, 0.2) is 0 Å². The highest BCUT2D eigenvalue weighted by Crippen LogP contribution is 2.25. The number of ether oxygens (including phenoxy) is 2. The van der Waals surface area contributed by atoms with Gasteiger partial charge in [0.1, 0.15) is 5.75 Å². The van der Waals surface area contributed by atoms with Crippen LogP contribution in [0, 0.1) is 0 Å². The van der Waals surface area contributed by atoms with Crippen LogP contribution in [-0.4, -0.2) is 38.5 Å². The molecule has 0 aliphatic heterocycles. The number of nitrogens with zero attached hydrogens (tertiary/aromatic N) is 1. The highest BCUT2D eigenvalue weighted by atomic mass is 16.5. The van der Waals surface area contributed by atoms with E-state index in [4.69, 9.17) is 9.47 Å². The summed E-state index contributed by atoms with van der Waals surface area (Å²) in [7, 11) is 3.42. The minimum Gasteiger partial charge on any atom is -0.496 e. The summed E-state index contributed by atoms with van der Waals surface area (Å²) in [6, 6.07) is 8.23. The first-order valence-electron chi connectivity index (χ1n) is 6.18. The van der Waals surface area contributed by atoms with Crippen LogP contribution in [0.25, 0.3) is 10.9 Å². The lowest BCUT2D eigenvalue weighted by atomic mass is 10.2. The lowest BCUT2D eigenvalue weighted by Gasteiger charge is -2.08. The van der Waals surface area contributed by atoms with Crippen molar-refractivity contribution in [2.75, 3.05) is 33.9 Å². The van der Waals surface area contributed by atoms with Crippen LogP contribution in [0.3, 0.4) is 0 Å². The summed E-state index contributed by atoms with van der Waals surface area (Å²) in [5.74, 6) is 0.929. The predicted octanol–water partition coefficient (Wildman–Crippen LogP) is 1.89. The standard InChI is InChI=1S/C14H20N2O2/c1-17-11-8-15-7-10-16-9-6-12-13(16)4-3-5-14(12)18-2/h3-6,9,15H,7-8,10-11H2,1-2H3. The molecule has 1 aromatic heterocycles. The van der Waals surface area contributed by atoms with E-state index in [1.54, 1.807) is 14.2 Å². The van der Waals surface area contributed by atoms with Crippen LogP contribution in [-0.2, 0) is 11.3 Å². The minimum atomic E-state index is 0.750. The number of methoxy groups -OCH3 is 2. The Balaban J connectivity index is 2.01. The maximum Gasteiger partial charge on any atom is 0.128 e. The Bertz CT molecular complexity index is 493. The van der Waals surface area contributed by atoms with E-state index < -0.39 is 0 Å². The van der Waals surface area contributed by atoms with Crippen molar-refractivity contribution < 1.29 is 9.47 Å². The van der Waals surface area contributed by atoms with E-state index in [1.165, 1.54) is 5.52 Å². The van der Waals surface area contributed by atoms with E-state index in [2.05, 4.69) is 28.2 Å². The number of nitrogens with one attached hydrogen (secondary N) is 1. The molecule has 18 heavy (non-hydrogen) atoms. The molecule has 1 heterocycles. The van der Waals surface area contributed by atoms with Gasteiger partial charge in [0, 0.05) is 38.3 Å². The van der Waals surface area contributed by atoms with Gasteiger partial charge < -0.3 is 19.4 Å². The van der Waals surface area contributed by atoms with Crippen molar-refractivity contribution in [3.8, 4) is 5.75 Å².